The molecular weight excluding hydrogens is 419 g/mol. The number of rotatable bonds is 4. The molecule has 1 aromatic heterocycles. The molecule has 0 aliphatic carbocycles. The summed E-state index contributed by atoms with van der Waals surface area (Å²) in [6.45, 7) is 3.59. The lowest BCUT2D eigenvalue weighted by Crippen LogP contribution is -2.37. The first kappa shape index (κ1) is 22.1. The van der Waals surface area contributed by atoms with E-state index < -0.39 is 17.9 Å². The van der Waals surface area contributed by atoms with Gasteiger partial charge in [-0.2, -0.15) is 5.10 Å². The van der Waals surface area contributed by atoms with Crippen molar-refractivity contribution in [1.29, 1.82) is 0 Å². The third-order valence-electron chi connectivity index (χ3n) is 6.22. The molecule has 4 rings (SSSR count). The number of halogens is 1. The van der Waals surface area contributed by atoms with Gasteiger partial charge in [-0.15, -0.1) is 0 Å². The lowest BCUT2D eigenvalue weighted by Gasteiger charge is -2.29. The van der Waals surface area contributed by atoms with Crippen LogP contribution in [0.3, 0.4) is 0 Å². The minimum atomic E-state index is -1.15. The van der Waals surface area contributed by atoms with Crippen molar-refractivity contribution in [2.75, 3.05) is 38.8 Å². The molecule has 1 fully saturated rings. The number of fused-ring (bicyclic) bond motifs is 1. The van der Waals surface area contributed by atoms with E-state index in [1.807, 2.05) is 4.68 Å². The van der Waals surface area contributed by atoms with Crippen molar-refractivity contribution in [3.05, 3.63) is 40.3 Å². The number of ether oxygens (including phenoxy) is 2. The molecule has 172 valence electrons. The van der Waals surface area contributed by atoms with Crippen LogP contribution in [0.4, 0.5) is 20.7 Å². The van der Waals surface area contributed by atoms with Crippen molar-refractivity contribution < 1.29 is 28.6 Å². The summed E-state index contributed by atoms with van der Waals surface area (Å²) in [5.74, 6) is -1.14. The van der Waals surface area contributed by atoms with Crippen LogP contribution in [-0.2, 0) is 22.4 Å². The van der Waals surface area contributed by atoms with Crippen LogP contribution >= 0.6 is 0 Å². The average molecular weight is 446 g/mol. The maximum absolute atomic E-state index is 14.4. The minimum absolute atomic E-state index is 0.0126. The summed E-state index contributed by atoms with van der Waals surface area (Å²) in [4.78, 5) is 27.3. The predicted molar refractivity (Wildman–Crippen MR) is 114 cm³/mol. The van der Waals surface area contributed by atoms with Crippen molar-refractivity contribution in [3.8, 4) is 0 Å². The zero-order chi connectivity index (χ0) is 23.0. The zero-order valence-corrected chi connectivity index (χ0v) is 18.4. The SMILES string of the molecule is COC(=O)N1CCc2c(c(N(C)c3cc(F)c(C)cc3C(=O)O)nn2C2CCOCC2)C1. The highest BCUT2D eigenvalue weighted by atomic mass is 19.1. The van der Waals surface area contributed by atoms with E-state index in [4.69, 9.17) is 14.6 Å². The molecule has 0 atom stereocenters. The van der Waals surface area contributed by atoms with Crippen LogP contribution in [0.25, 0.3) is 0 Å². The van der Waals surface area contributed by atoms with E-state index in [-0.39, 0.29) is 29.4 Å². The largest absolute Gasteiger partial charge is 0.478 e. The smallest absolute Gasteiger partial charge is 0.409 e. The fourth-order valence-electron chi connectivity index (χ4n) is 4.45. The van der Waals surface area contributed by atoms with Crippen LogP contribution in [0.5, 0.6) is 0 Å². The summed E-state index contributed by atoms with van der Waals surface area (Å²) in [5.41, 5.74) is 2.26. The molecule has 1 aromatic carbocycles. The minimum Gasteiger partial charge on any atom is -0.478 e. The second kappa shape index (κ2) is 8.78. The van der Waals surface area contributed by atoms with E-state index in [9.17, 15) is 19.1 Å². The highest BCUT2D eigenvalue weighted by Crippen LogP contribution is 2.37. The molecule has 0 bridgehead atoms. The van der Waals surface area contributed by atoms with E-state index in [2.05, 4.69) is 0 Å². The number of carbonyl (C=O) groups is 2. The summed E-state index contributed by atoms with van der Waals surface area (Å²) >= 11 is 0. The van der Waals surface area contributed by atoms with Gasteiger partial charge in [0.05, 0.1) is 30.9 Å². The van der Waals surface area contributed by atoms with Crippen LogP contribution in [-0.4, -0.2) is 65.8 Å². The third kappa shape index (κ3) is 3.90. The van der Waals surface area contributed by atoms with Gasteiger partial charge in [-0.25, -0.2) is 14.0 Å². The number of anilines is 2. The summed E-state index contributed by atoms with van der Waals surface area (Å²) < 4.78 is 26.8. The number of carbonyl (C=O) groups excluding carboxylic acids is 1. The first-order valence-electron chi connectivity index (χ1n) is 10.6. The Labute approximate surface area is 185 Å². The molecule has 32 heavy (non-hydrogen) atoms. The number of amides is 1. The molecule has 1 saturated heterocycles. The topological polar surface area (TPSA) is 97.1 Å². The summed E-state index contributed by atoms with van der Waals surface area (Å²) in [7, 11) is 3.01. The number of benzene rings is 1. The van der Waals surface area contributed by atoms with Crippen molar-refractivity contribution in [1.82, 2.24) is 14.7 Å². The number of aryl methyl sites for hydroxylation is 1. The van der Waals surface area contributed by atoms with E-state index in [0.29, 0.717) is 32.0 Å². The third-order valence-corrected chi connectivity index (χ3v) is 6.22. The fraction of sp³-hybridized carbons (Fsp3) is 0.500. The van der Waals surface area contributed by atoms with Gasteiger partial charge in [0, 0.05) is 44.5 Å². The Morgan fingerprint density at radius 3 is 2.69 bits per heavy atom. The van der Waals surface area contributed by atoms with E-state index in [1.54, 1.807) is 16.8 Å². The van der Waals surface area contributed by atoms with Crippen molar-refractivity contribution >= 4 is 23.6 Å². The van der Waals surface area contributed by atoms with Gasteiger partial charge < -0.3 is 24.4 Å². The second-order valence-electron chi connectivity index (χ2n) is 8.16. The molecule has 0 saturated carbocycles. The Kier molecular flexibility index (Phi) is 6.05. The standard InChI is InChI=1S/C22H27FN4O5/c1-13-10-15(21(28)29)19(11-17(13)23)25(2)20-16-12-26(22(30)31-3)7-4-18(16)27(24-20)14-5-8-32-9-6-14/h10-11,14H,4-9,12H2,1-3H3,(H,28,29). The molecule has 0 radical (unpaired) electrons. The number of hydrogen-bond acceptors (Lipinski definition) is 6. The van der Waals surface area contributed by atoms with Gasteiger partial charge in [-0.1, -0.05) is 0 Å². The number of aromatic nitrogens is 2. The number of carboxylic acids is 1. The molecular formula is C22H27FN4O5. The number of carboxylic acid groups (broad SMARTS) is 1. The Morgan fingerprint density at radius 2 is 2.03 bits per heavy atom. The normalized spacial score (nSPS) is 16.6. The van der Waals surface area contributed by atoms with Gasteiger partial charge in [0.25, 0.3) is 0 Å². The lowest BCUT2D eigenvalue weighted by molar-refractivity contribution is 0.0649. The molecule has 2 aliphatic heterocycles. The fourth-order valence-corrected chi connectivity index (χ4v) is 4.45. The number of hydrogen-bond donors (Lipinski definition) is 1. The average Bonchev–Trinajstić information content (AvgIpc) is 3.18. The Morgan fingerprint density at radius 1 is 1.31 bits per heavy atom. The van der Waals surface area contributed by atoms with E-state index in [1.165, 1.54) is 26.2 Å². The van der Waals surface area contributed by atoms with Crippen LogP contribution in [0.15, 0.2) is 12.1 Å². The zero-order valence-electron chi connectivity index (χ0n) is 18.4. The maximum atomic E-state index is 14.4. The van der Waals surface area contributed by atoms with Gasteiger partial charge in [0.2, 0.25) is 0 Å². The molecule has 9 nitrogen and oxygen atoms in total. The van der Waals surface area contributed by atoms with Crippen LogP contribution in [0, 0.1) is 12.7 Å². The van der Waals surface area contributed by atoms with Crippen LogP contribution in [0.1, 0.15) is 46.1 Å². The van der Waals surface area contributed by atoms with Crippen molar-refractivity contribution in [2.45, 2.75) is 38.8 Å². The molecule has 3 heterocycles. The molecule has 0 spiro atoms. The molecule has 1 amide bonds. The first-order chi connectivity index (χ1) is 15.3. The van der Waals surface area contributed by atoms with Crippen molar-refractivity contribution in [3.63, 3.8) is 0 Å². The van der Waals surface area contributed by atoms with Crippen LogP contribution < -0.4 is 4.90 Å². The van der Waals surface area contributed by atoms with Gasteiger partial charge in [0.15, 0.2) is 5.82 Å². The number of methoxy groups -OCH3 is 1. The Balaban J connectivity index is 1.82. The Hall–Kier alpha value is -3.14. The molecule has 2 aromatic rings. The molecule has 0 unspecified atom stereocenters. The van der Waals surface area contributed by atoms with Gasteiger partial charge in [-0.05, 0) is 37.5 Å². The van der Waals surface area contributed by atoms with Gasteiger partial charge >= 0.3 is 12.1 Å². The van der Waals surface area contributed by atoms with Gasteiger partial charge in [-0.3, -0.25) is 4.68 Å². The summed E-state index contributed by atoms with van der Waals surface area (Å²) in [5, 5.41) is 14.6. The summed E-state index contributed by atoms with van der Waals surface area (Å²) in [6, 6.07) is 2.70. The highest BCUT2D eigenvalue weighted by Gasteiger charge is 2.33. The monoisotopic (exact) mass is 446 g/mol. The number of nitrogens with zero attached hydrogens (tertiary/aromatic N) is 4. The van der Waals surface area contributed by atoms with Crippen LogP contribution in [0.2, 0.25) is 0 Å². The van der Waals surface area contributed by atoms with Gasteiger partial charge in [0.1, 0.15) is 5.82 Å². The summed E-state index contributed by atoms with van der Waals surface area (Å²) in [6.07, 6.45) is 1.79. The second-order valence-corrected chi connectivity index (χ2v) is 8.16. The molecule has 10 heteroatoms. The maximum Gasteiger partial charge on any atom is 0.409 e. The van der Waals surface area contributed by atoms with Crippen molar-refractivity contribution in [2.24, 2.45) is 0 Å². The molecule has 1 N–H and O–H groups in total. The predicted octanol–water partition coefficient (Wildman–Crippen LogP) is 3.27. The Bertz CT molecular complexity index is 1050. The highest BCUT2D eigenvalue weighted by molar-refractivity contribution is 5.96. The quantitative estimate of drug-likeness (QED) is 0.770. The lowest BCUT2D eigenvalue weighted by atomic mass is 10.0. The van der Waals surface area contributed by atoms with E-state index in [0.717, 1.165) is 24.1 Å². The molecule has 2 aliphatic rings. The first-order valence-corrected chi connectivity index (χ1v) is 10.6. The van der Waals surface area contributed by atoms with E-state index >= 15 is 0 Å². The number of aromatic carboxylic acids is 1.